The van der Waals surface area contributed by atoms with Gasteiger partial charge in [-0.2, -0.15) is 5.26 Å². The maximum Gasteiger partial charge on any atom is 0.234 e. The van der Waals surface area contributed by atoms with Gasteiger partial charge in [0.1, 0.15) is 18.8 Å². The zero-order chi connectivity index (χ0) is 16.5. The Bertz CT molecular complexity index is 710. The van der Waals surface area contributed by atoms with Gasteiger partial charge >= 0.3 is 0 Å². The van der Waals surface area contributed by atoms with Crippen molar-refractivity contribution in [1.29, 1.82) is 5.26 Å². The van der Waals surface area contributed by atoms with Crippen LogP contribution in [-0.4, -0.2) is 12.5 Å². The van der Waals surface area contributed by atoms with E-state index in [4.69, 9.17) is 21.6 Å². The second-order valence-electron chi connectivity index (χ2n) is 4.96. The Morgan fingerprint density at radius 1 is 1.22 bits per heavy atom. The average Bonchev–Trinajstić information content (AvgIpc) is 2.55. The number of amides is 1. The highest BCUT2D eigenvalue weighted by Crippen LogP contribution is 2.19. The van der Waals surface area contributed by atoms with E-state index in [1.165, 1.54) is 0 Å². The molecule has 0 fully saturated rings. The molecule has 0 aliphatic carbocycles. The first-order valence-electron chi connectivity index (χ1n) is 7.28. The predicted octanol–water partition coefficient (Wildman–Crippen LogP) is 3.49. The molecule has 0 radical (unpaired) electrons. The standard InChI is InChI=1S/C18H17ClN2O2/c19-17-7-2-1-5-15(17)13-23-16-6-3-4-14(12-16)9-11-21-18(22)8-10-20/h1-7,12H,8-9,11,13H2,(H,21,22). The molecule has 2 rings (SSSR count). The molecule has 0 saturated heterocycles. The van der Waals surface area contributed by atoms with Crippen LogP contribution in [0, 0.1) is 11.3 Å². The molecule has 0 aliphatic rings. The summed E-state index contributed by atoms with van der Waals surface area (Å²) < 4.78 is 5.76. The highest BCUT2D eigenvalue weighted by Gasteiger charge is 2.03. The largest absolute Gasteiger partial charge is 0.489 e. The number of nitriles is 1. The normalized spacial score (nSPS) is 9.91. The average molecular weight is 329 g/mol. The molecule has 4 nitrogen and oxygen atoms in total. The van der Waals surface area contributed by atoms with Gasteiger partial charge < -0.3 is 10.1 Å². The summed E-state index contributed by atoms with van der Waals surface area (Å²) >= 11 is 6.10. The third kappa shape index (κ3) is 5.65. The monoisotopic (exact) mass is 328 g/mol. The molecule has 1 amide bonds. The van der Waals surface area contributed by atoms with E-state index in [0.717, 1.165) is 16.9 Å². The van der Waals surface area contributed by atoms with Gasteiger partial charge in [0.05, 0.1) is 6.07 Å². The van der Waals surface area contributed by atoms with Crippen molar-refractivity contribution in [3.05, 3.63) is 64.7 Å². The van der Waals surface area contributed by atoms with E-state index in [2.05, 4.69) is 5.32 Å². The minimum Gasteiger partial charge on any atom is -0.489 e. The summed E-state index contributed by atoms with van der Waals surface area (Å²) in [6.07, 6.45) is 0.571. The lowest BCUT2D eigenvalue weighted by molar-refractivity contribution is -0.120. The number of hydrogen-bond donors (Lipinski definition) is 1. The first kappa shape index (κ1) is 16.9. The van der Waals surface area contributed by atoms with Crippen LogP contribution in [0.5, 0.6) is 5.75 Å². The molecule has 0 saturated carbocycles. The van der Waals surface area contributed by atoms with Gasteiger partial charge in [0.15, 0.2) is 0 Å². The number of carbonyl (C=O) groups is 1. The van der Waals surface area contributed by atoms with Crippen LogP contribution in [0.3, 0.4) is 0 Å². The molecule has 0 bridgehead atoms. The maximum absolute atomic E-state index is 11.2. The molecule has 0 heterocycles. The molecule has 2 aromatic rings. The Hall–Kier alpha value is -2.51. The van der Waals surface area contributed by atoms with E-state index in [9.17, 15) is 4.79 Å². The van der Waals surface area contributed by atoms with Gasteiger partial charge in [-0.1, -0.05) is 41.9 Å². The van der Waals surface area contributed by atoms with E-state index >= 15 is 0 Å². The first-order valence-corrected chi connectivity index (χ1v) is 7.65. The van der Waals surface area contributed by atoms with Crippen molar-refractivity contribution < 1.29 is 9.53 Å². The van der Waals surface area contributed by atoms with E-state index < -0.39 is 0 Å². The molecule has 0 atom stereocenters. The predicted molar refractivity (Wildman–Crippen MR) is 89.2 cm³/mol. The zero-order valence-electron chi connectivity index (χ0n) is 12.6. The van der Waals surface area contributed by atoms with Crippen molar-refractivity contribution in [2.45, 2.75) is 19.4 Å². The Morgan fingerprint density at radius 2 is 2.04 bits per heavy atom. The number of halogens is 1. The lowest BCUT2D eigenvalue weighted by Crippen LogP contribution is -2.24. The Kier molecular flexibility index (Phi) is 6.46. The SMILES string of the molecule is N#CCC(=O)NCCc1cccc(OCc2ccccc2Cl)c1. The quantitative estimate of drug-likeness (QED) is 0.846. The van der Waals surface area contributed by atoms with Gasteiger partial charge in [0.25, 0.3) is 0 Å². The van der Waals surface area contributed by atoms with Crippen LogP contribution >= 0.6 is 11.6 Å². The van der Waals surface area contributed by atoms with Crippen LogP contribution in [0.25, 0.3) is 0 Å². The molecule has 2 aromatic carbocycles. The second-order valence-corrected chi connectivity index (χ2v) is 5.37. The van der Waals surface area contributed by atoms with Gasteiger partial charge in [0.2, 0.25) is 5.91 Å². The molecule has 0 unspecified atom stereocenters. The van der Waals surface area contributed by atoms with Crippen LogP contribution < -0.4 is 10.1 Å². The van der Waals surface area contributed by atoms with Crippen molar-refractivity contribution in [2.75, 3.05) is 6.54 Å². The van der Waals surface area contributed by atoms with Gasteiger partial charge in [-0.15, -0.1) is 0 Å². The van der Waals surface area contributed by atoms with Crippen LogP contribution in [0.1, 0.15) is 17.5 Å². The third-order valence-electron chi connectivity index (χ3n) is 3.23. The van der Waals surface area contributed by atoms with Crippen molar-refractivity contribution in [3.8, 4) is 11.8 Å². The highest BCUT2D eigenvalue weighted by atomic mass is 35.5. The topological polar surface area (TPSA) is 62.1 Å². The Morgan fingerprint density at radius 3 is 2.83 bits per heavy atom. The molecule has 118 valence electrons. The van der Waals surface area contributed by atoms with Crippen molar-refractivity contribution in [2.24, 2.45) is 0 Å². The van der Waals surface area contributed by atoms with Crippen molar-refractivity contribution >= 4 is 17.5 Å². The fourth-order valence-corrected chi connectivity index (χ4v) is 2.24. The summed E-state index contributed by atoms with van der Waals surface area (Å²) in [4.78, 5) is 11.2. The summed E-state index contributed by atoms with van der Waals surface area (Å²) in [5.74, 6) is 0.504. The minimum absolute atomic E-state index is 0.110. The lowest BCUT2D eigenvalue weighted by atomic mass is 10.1. The number of carbonyl (C=O) groups excluding carboxylic acids is 1. The number of nitrogens with zero attached hydrogens (tertiary/aromatic N) is 1. The Balaban J connectivity index is 1.86. The first-order chi connectivity index (χ1) is 11.2. The van der Waals surface area contributed by atoms with Gasteiger partial charge in [0, 0.05) is 17.1 Å². The molecule has 0 aromatic heterocycles. The molecule has 23 heavy (non-hydrogen) atoms. The van der Waals surface area contributed by atoms with Gasteiger partial charge in [-0.3, -0.25) is 4.79 Å². The number of hydrogen-bond acceptors (Lipinski definition) is 3. The lowest BCUT2D eigenvalue weighted by Gasteiger charge is -2.09. The summed E-state index contributed by atoms with van der Waals surface area (Å²) in [7, 11) is 0. The van der Waals surface area contributed by atoms with Gasteiger partial charge in [-0.05, 0) is 30.2 Å². The molecular weight excluding hydrogens is 312 g/mol. The van der Waals surface area contributed by atoms with Crippen LogP contribution in [0.2, 0.25) is 5.02 Å². The molecule has 5 heteroatoms. The molecule has 0 spiro atoms. The van der Waals surface area contributed by atoms with E-state index in [1.54, 1.807) is 0 Å². The zero-order valence-corrected chi connectivity index (χ0v) is 13.3. The number of ether oxygens (including phenoxy) is 1. The molecular formula is C18H17ClN2O2. The minimum atomic E-state index is -0.251. The van der Waals surface area contributed by atoms with Crippen molar-refractivity contribution in [1.82, 2.24) is 5.32 Å². The third-order valence-corrected chi connectivity index (χ3v) is 3.59. The molecule has 1 N–H and O–H groups in total. The van der Waals surface area contributed by atoms with Crippen LogP contribution in [0.4, 0.5) is 0 Å². The summed E-state index contributed by atoms with van der Waals surface area (Å²) in [6, 6.07) is 17.1. The molecule has 0 aliphatic heterocycles. The number of rotatable bonds is 7. The smallest absolute Gasteiger partial charge is 0.234 e. The van der Waals surface area contributed by atoms with E-state index in [1.807, 2.05) is 54.6 Å². The van der Waals surface area contributed by atoms with E-state index in [-0.39, 0.29) is 12.3 Å². The van der Waals surface area contributed by atoms with Crippen LogP contribution in [0.15, 0.2) is 48.5 Å². The van der Waals surface area contributed by atoms with E-state index in [0.29, 0.717) is 24.6 Å². The highest BCUT2D eigenvalue weighted by molar-refractivity contribution is 6.31. The summed E-state index contributed by atoms with van der Waals surface area (Å²) in [6.45, 7) is 0.899. The fourth-order valence-electron chi connectivity index (χ4n) is 2.05. The maximum atomic E-state index is 11.2. The second kappa shape index (κ2) is 8.82. The van der Waals surface area contributed by atoms with Crippen molar-refractivity contribution in [3.63, 3.8) is 0 Å². The number of benzene rings is 2. The van der Waals surface area contributed by atoms with Gasteiger partial charge in [-0.25, -0.2) is 0 Å². The summed E-state index contributed by atoms with van der Waals surface area (Å²) in [5.41, 5.74) is 1.99. The Labute approximate surface area is 140 Å². The fraction of sp³-hybridized carbons (Fsp3) is 0.222. The number of nitrogens with one attached hydrogen (secondary N) is 1. The summed E-state index contributed by atoms with van der Waals surface area (Å²) in [5, 5.41) is 11.8. The van der Waals surface area contributed by atoms with Crippen LogP contribution in [-0.2, 0) is 17.8 Å².